The maximum atomic E-state index is 6.63. The minimum Gasteiger partial charge on any atom is -0.484 e. The fourth-order valence-electron chi connectivity index (χ4n) is 19.7. The summed E-state index contributed by atoms with van der Waals surface area (Å²) in [7, 11) is 0. The lowest BCUT2D eigenvalue weighted by molar-refractivity contribution is 0.270. The summed E-state index contributed by atoms with van der Waals surface area (Å²) < 4.78 is 6.63. The summed E-state index contributed by atoms with van der Waals surface area (Å²) in [5, 5.41) is 9.71. The highest BCUT2D eigenvalue weighted by molar-refractivity contribution is 6.09. The van der Waals surface area contributed by atoms with Crippen molar-refractivity contribution in [3.8, 4) is 151 Å². The number of allylic oxidation sites excluding steroid dienone is 4. The van der Waals surface area contributed by atoms with Crippen molar-refractivity contribution in [3.63, 3.8) is 0 Å². The Morgan fingerprint density at radius 2 is 0.540 bits per heavy atom. The molecule has 4 unspecified atom stereocenters. The average Bonchev–Trinajstić information content (AvgIpc) is 1.55. The van der Waals surface area contributed by atoms with Gasteiger partial charge in [-0.15, -0.1) is 0 Å². The molecule has 126 heavy (non-hydrogen) atoms. The van der Waals surface area contributed by atoms with Crippen molar-refractivity contribution in [2.24, 2.45) is 0 Å². The van der Waals surface area contributed by atoms with Crippen molar-refractivity contribution in [2.75, 3.05) is 4.90 Å². The van der Waals surface area contributed by atoms with E-state index in [1.807, 2.05) is 0 Å². The maximum Gasteiger partial charge on any atom is 0.132 e. The Morgan fingerprint density at radius 1 is 0.206 bits per heavy atom. The Labute approximate surface area is 734 Å². The molecule has 24 rings (SSSR count). The standard InChI is InChI=1S/C67H46N2.C55H37NO/c1-3-15-45(16-4-1)46-29-31-47(32-30-46)48-35-39-52(40-36-48)64-43-53(49-33-37-51(38-34-49)56-25-13-18-50-17-7-8-21-55(50)56)44-65(68-64)60-42-41-59(57-22-9-10-23-58(57)60)62-26-14-27-63-61-24-11-12-28-66(61)69(67(62)63)54-19-5-2-6-20-54;1-2-12-36(13-3-1)37-26-30-41(31-27-37)52-34-42(38-24-28-40(29-25-38)44-20-10-15-39-14-4-5-16-43(39)44)35-53(56-52)48-33-32-47(45-17-6-7-18-46(45)48)50-21-11-22-51-49-19-8-9-23-54(49)57-55(50)51/h1-44,61,66H;1-35,49,54H. The molecule has 2 aromatic heterocycles. The Bertz CT molecular complexity index is 7690. The van der Waals surface area contributed by atoms with Crippen molar-refractivity contribution >= 4 is 54.5 Å². The lowest BCUT2D eigenvalue weighted by atomic mass is 9.88. The molecule has 4 atom stereocenters. The number of pyridine rings is 2. The summed E-state index contributed by atoms with van der Waals surface area (Å²) in [6, 6.07) is 156. The van der Waals surface area contributed by atoms with Gasteiger partial charge < -0.3 is 9.64 Å². The third-order valence-corrected chi connectivity index (χ3v) is 25.9. The summed E-state index contributed by atoms with van der Waals surface area (Å²) in [5.74, 6) is 1.50. The first-order valence-corrected chi connectivity index (χ1v) is 43.6. The molecule has 0 bridgehead atoms. The minimum absolute atomic E-state index is 0.0323. The van der Waals surface area contributed by atoms with Crippen LogP contribution < -0.4 is 9.64 Å². The number of nitrogens with zero attached hydrogens (tertiary/aromatic N) is 3. The van der Waals surface area contributed by atoms with Gasteiger partial charge in [0, 0.05) is 56.5 Å². The molecule has 0 saturated carbocycles. The van der Waals surface area contributed by atoms with Crippen LogP contribution in [0.3, 0.4) is 0 Å². The van der Waals surface area contributed by atoms with Gasteiger partial charge in [-0.05, 0) is 180 Å². The first-order valence-electron chi connectivity index (χ1n) is 43.6. The van der Waals surface area contributed by atoms with Crippen molar-refractivity contribution in [1.29, 1.82) is 0 Å². The predicted octanol–water partition coefficient (Wildman–Crippen LogP) is 32.1. The second-order valence-corrected chi connectivity index (χ2v) is 33.2. The van der Waals surface area contributed by atoms with E-state index in [4.69, 9.17) is 14.7 Å². The minimum atomic E-state index is 0.0323. The molecule has 592 valence electrons. The largest absolute Gasteiger partial charge is 0.484 e. The Hall–Kier alpha value is -16.1. The predicted molar refractivity (Wildman–Crippen MR) is 528 cm³/mol. The molecular formula is C122H83N3O. The molecular weight excluding hydrogens is 1520 g/mol. The summed E-state index contributed by atoms with van der Waals surface area (Å²) in [4.78, 5) is 13.5. The van der Waals surface area contributed by atoms with E-state index < -0.39 is 0 Å². The van der Waals surface area contributed by atoms with E-state index in [-0.39, 0.29) is 24.0 Å². The fourth-order valence-corrected chi connectivity index (χ4v) is 19.7. The lowest BCUT2D eigenvalue weighted by Crippen LogP contribution is -2.28. The Balaban J connectivity index is 0.000000148. The zero-order valence-corrected chi connectivity index (χ0v) is 69.2. The molecule has 4 heterocycles. The molecule has 4 aliphatic rings. The van der Waals surface area contributed by atoms with E-state index in [0.29, 0.717) is 0 Å². The summed E-state index contributed by atoms with van der Waals surface area (Å²) in [5.41, 5.74) is 34.5. The summed E-state index contributed by atoms with van der Waals surface area (Å²) in [6.45, 7) is 0. The van der Waals surface area contributed by atoms with Gasteiger partial charge in [-0.3, -0.25) is 0 Å². The number of anilines is 2. The summed E-state index contributed by atoms with van der Waals surface area (Å²) >= 11 is 0. The molecule has 0 saturated heterocycles. The van der Waals surface area contributed by atoms with Crippen LogP contribution in [0.1, 0.15) is 23.0 Å². The zero-order valence-electron chi connectivity index (χ0n) is 69.2. The van der Waals surface area contributed by atoms with Crippen LogP contribution in [-0.4, -0.2) is 22.1 Å². The second-order valence-electron chi connectivity index (χ2n) is 33.2. The van der Waals surface area contributed by atoms with Gasteiger partial charge in [-0.1, -0.05) is 437 Å². The highest BCUT2D eigenvalue weighted by Crippen LogP contribution is 2.54. The van der Waals surface area contributed by atoms with E-state index in [1.165, 1.54) is 127 Å². The van der Waals surface area contributed by atoms with Crippen molar-refractivity contribution in [2.45, 2.75) is 24.0 Å². The average molecular weight is 1610 g/mol. The molecule has 0 radical (unpaired) electrons. The number of benzene rings is 18. The molecule has 0 fully saturated rings. The third-order valence-electron chi connectivity index (χ3n) is 25.9. The van der Waals surface area contributed by atoms with E-state index in [2.05, 4.69) is 484 Å². The lowest BCUT2D eigenvalue weighted by Gasteiger charge is -2.30. The van der Waals surface area contributed by atoms with Crippen LogP contribution >= 0.6 is 0 Å². The molecule has 4 nitrogen and oxygen atoms in total. The van der Waals surface area contributed by atoms with Gasteiger partial charge in [0.2, 0.25) is 0 Å². The van der Waals surface area contributed by atoms with E-state index >= 15 is 0 Å². The van der Waals surface area contributed by atoms with E-state index in [0.717, 1.165) is 89.5 Å². The van der Waals surface area contributed by atoms with Crippen LogP contribution in [0.25, 0.3) is 188 Å². The molecule has 18 aromatic carbocycles. The van der Waals surface area contributed by atoms with Crippen LogP contribution in [0, 0.1) is 0 Å². The number of para-hydroxylation sites is 3. The number of fused-ring (bicyclic) bond motifs is 10. The zero-order chi connectivity index (χ0) is 83.4. The molecule has 0 amide bonds. The first kappa shape index (κ1) is 74.9. The smallest absolute Gasteiger partial charge is 0.132 e. The molecule has 20 aromatic rings. The van der Waals surface area contributed by atoms with E-state index in [9.17, 15) is 0 Å². The molecule has 2 aliphatic carbocycles. The van der Waals surface area contributed by atoms with Gasteiger partial charge >= 0.3 is 0 Å². The highest BCUT2D eigenvalue weighted by Gasteiger charge is 2.40. The Kier molecular flexibility index (Phi) is 19.2. The maximum absolute atomic E-state index is 6.63. The highest BCUT2D eigenvalue weighted by atomic mass is 16.5. The number of hydrogen-bond acceptors (Lipinski definition) is 4. The first-order chi connectivity index (χ1) is 62.5. The number of hydrogen-bond donors (Lipinski definition) is 0. The topological polar surface area (TPSA) is 38.3 Å². The van der Waals surface area contributed by atoms with E-state index in [1.54, 1.807) is 0 Å². The van der Waals surface area contributed by atoms with Gasteiger partial charge in [0.05, 0.1) is 34.5 Å². The van der Waals surface area contributed by atoms with Crippen molar-refractivity contribution in [1.82, 2.24) is 9.97 Å². The molecule has 2 aliphatic heterocycles. The van der Waals surface area contributed by atoms with Gasteiger partial charge in [0.15, 0.2) is 0 Å². The second kappa shape index (κ2) is 32.3. The van der Waals surface area contributed by atoms with Crippen LogP contribution in [0.4, 0.5) is 11.4 Å². The molecule has 0 spiro atoms. The summed E-state index contributed by atoms with van der Waals surface area (Å²) in [6.07, 6.45) is 17.8. The van der Waals surface area contributed by atoms with Crippen LogP contribution in [0.2, 0.25) is 0 Å². The van der Waals surface area contributed by atoms with Crippen LogP contribution in [0.5, 0.6) is 5.75 Å². The Morgan fingerprint density at radius 3 is 1.03 bits per heavy atom. The number of aromatic nitrogens is 2. The number of rotatable bonds is 14. The van der Waals surface area contributed by atoms with Crippen LogP contribution in [-0.2, 0) is 0 Å². The van der Waals surface area contributed by atoms with Gasteiger partial charge in [-0.25, -0.2) is 9.97 Å². The fraction of sp³-hybridized carbons (Fsp3) is 0.0328. The van der Waals surface area contributed by atoms with Gasteiger partial charge in [0.25, 0.3) is 0 Å². The van der Waals surface area contributed by atoms with Gasteiger partial charge in [-0.2, -0.15) is 0 Å². The molecule has 0 N–H and O–H groups in total. The normalized spacial score (nSPS) is 15.1. The number of ether oxygens (including phenoxy) is 1. The molecule has 4 heteroatoms. The third kappa shape index (κ3) is 13.9. The monoisotopic (exact) mass is 1610 g/mol. The van der Waals surface area contributed by atoms with Crippen molar-refractivity contribution in [3.05, 3.63) is 490 Å². The van der Waals surface area contributed by atoms with Gasteiger partial charge in [0.1, 0.15) is 11.9 Å². The SMILES string of the molecule is C1=CC2Oc3c(-c4ccc(-c5cc(-c6ccc(-c7cccc8ccccc78)cc6)cc(-c6ccc(-c7ccccc7)cc6)n5)c5ccccc45)cccc3C2C=C1.C1=CC2c3cccc(-c4ccc(-c5cc(-c6ccc(-c7cccc8ccccc78)cc6)cc(-c6ccc(-c7ccc(-c8ccccc8)cc7)cc6)n5)c5ccccc45)c3N(c3ccccc3)C2C=C1. The van der Waals surface area contributed by atoms with Crippen molar-refractivity contribution < 1.29 is 4.74 Å². The van der Waals surface area contributed by atoms with Crippen LogP contribution in [0.15, 0.2) is 479 Å². The quantitative estimate of drug-likeness (QED) is 0.109.